The zero-order valence-corrected chi connectivity index (χ0v) is 17.4. The van der Waals surface area contributed by atoms with Crippen molar-refractivity contribution in [2.45, 2.75) is 12.8 Å². The van der Waals surface area contributed by atoms with Gasteiger partial charge in [-0.25, -0.2) is 9.97 Å². The number of carbonyl (C=O) groups excluding carboxylic acids is 2. The molecule has 2 aliphatic rings. The Hall–Kier alpha value is -2.94. The van der Waals surface area contributed by atoms with Crippen LogP contribution in [0.4, 0.5) is 5.13 Å². The van der Waals surface area contributed by atoms with E-state index < -0.39 is 0 Å². The summed E-state index contributed by atoms with van der Waals surface area (Å²) in [5.74, 6) is 0.387. The fourth-order valence-electron chi connectivity index (χ4n) is 4.19. The van der Waals surface area contributed by atoms with Gasteiger partial charge in [0.05, 0.1) is 12.2 Å². The zero-order valence-electron chi connectivity index (χ0n) is 16.6. The van der Waals surface area contributed by atoms with Crippen LogP contribution in [0.25, 0.3) is 10.3 Å². The van der Waals surface area contributed by atoms with Crippen molar-refractivity contribution in [2.75, 3.05) is 44.2 Å². The molecule has 2 saturated heterocycles. The fourth-order valence-corrected chi connectivity index (χ4v) is 5.13. The van der Waals surface area contributed by atoms with Gasteiger partial charge >= 0.3 is 0 Å². The molecule has 2 aliphatic heterocycles. The molecular weight excluding hydrogens is 402 g/mol. The Morgan fingerprint density at radius 1 is 1.07 bits per heavy atom. The second kappa shape index (κ2) is 8.06. The minimum atomic E-state index is -0.111. The molecule has 0 bridgehead atoms. The number of piperidine rings is 1. The summed E-state index contributed by atoms with van der Waals surface area (Å²) in [7, 11) is 0. The number of thiazole rings is 1. The summed E-state index contributed by atoms with van der Waals surface area (Å²) in [6, 6.07) is 7.25. The lowest BCUT2D eigenvalue weighted by atomic mass is 9.96. The number of hydrogen-bond acceptors (Lipinski definition) is 7. The maximum Gasteiger partial charge on any atom is 0.289 e. The zero-order chi connectivity index (χ0) is 20.5. The maximum absolute atomic E-state index is 13.2. The van der Waals surface area contributed by atoms with Crippen LogP contribution in [0.2, 0.25) is 0 Å². The van der Waals surface area contributed by atoms with Gasteiger partial charge < -0.3 is 19.1 Å². The lowest BCUT2D eigenvalue weighted by molar-refractivity contribution is -0.137. The topological polar surface area (TPSA) is 82.8 Å². The standard InChI is InChI=1S/C21H23N5O3S/c27-19(24-9-11-25(12-10-24)20(28)17-6-3-13-29-17)15-4-2-8-26(14-15)21-23-16-5-1-7-22-18(16)30-21/h1,3,5-7,13,15H,2,4,8-12,14H2. The van der Waals surface area contributed by atoms with E-state index in [1.54, 1.807) is 34.6 Å². The molecule has 2 fully saturated rings. The molecule has 0 aromatic carbocycles. The molecule has 5 rings (SSSR count). The van der Waals surface area contributed by atoms with Gasteiger partial charge in [-0.3, -0.25) is 9.59 Å². The summed E-state index contributed by atoms with van der Waals surface area (Å²) < 4.78 is 5.21. The number of aromatic nitrogens is 2. The van der Waals surface area contributed by atoms with Gasteiger partial charge in [0.1, 0.15) is 10.3 Å². The predicted octanol–water partition coefficient (Wildman–Crippen LogP) is 2.49. The minimum Gasteiger partial charge on any atom is -0.459 e. The van der Waals surface area contributed by atoms with Crippen molar-refractivity contribution in [2.24, 2.45) is 5.92 Å². The third-order valence-electron chi connectivity index (χ3n) is 5.81. The summed E-state index contributed by atoms with van der Waals surface area (Å²) >= 11 is 1.58. The van der Waals surface area contributed by atoms with E-state index in [1.807, 2.05) is 17.0 Å². The Labute approximate surface area is 178 Å². The maximum atomic E-state index is 13.2. The fraction of sp³-hybridized carbons (Fsp3) is 0.429. The van der Waals surface area contributed by atoms with Crippen LogP contribution < -0.4 is 4.90 Å². The number of hydrogen-bond donors (Lipinski definition) is 0. The molecule has 156 valence electrons. The first kappa shape index (κ1) is 19.0. The highest BCUT2D eigenvalue weighted by atomic mass is 32.1. The molecule has 1 atom stereocenters. The number of fused-ring (bicyclic) bond motifs is 1. The van der Waals surface area contributed by atoms with E-state index in [9.17, 15) is 9.59 Å². The molecule has 0 N–H and O–H groups in total. The molecule has 5 heterocycles. The van der Waals surface area contributed by atoms with Crippen LogP contribution in [0.5, 0.6) is 0 Å². The van der Waals surface area contributed by atoms with E-state index in [2.05, 4.69) is 9.88 Å². The molecule has 0 aliphatic carbocycles. The first-order chi connectivity index (χ1) is 14.7. The molecule has 3 aromatic rings. The van der Waals surface area contributed by atoms with Crippen LogP contribution in [0.15, 0.2) is 41.1 Å². The quantitative estimate of drug-likeness (QED) is 0.641. The number of amides is 2. The summed E-state index contributed by atoms with van der Waals surface area (Å²) in [6.07, 6.45) is 5.15. The largest absolute Gasteiger partial charge is 0.459 e. The Morgan fingerprint density at radius 2 is 1.90 bits per heavy atom. The van der Waals surface area contributed by atoms with Crippen molar-refractivity contribution in [3.8, 4) is 0 Å². The number of furan rings is 1. The first-order valence-corrected chi connectivity index (χ1v) is 11.1. The van der Waals surface area contributed by atoms with Gasteiger partial charge in [0, 0.05) is 45.5 Å². The van der Waals surface area contributed by atoms with Crippen LogP contribution in [0, 0.1) is 5.92 Å². The Bertz CT molecular complexity index is 1010. The average Bonchev–Trinajstić information content (AvgIpc) is 3.48. The van der Waals surface area contributed by atoms with E-state index in [0.717, 1.165) is 34.9 Å². The van der Waals surface area contributed by atoms with Crippen LogP contribution in [-0.2, 0) is 4.79 Å². The summed E-state index contributed by atoms with van der Waals surface area (Å²) in [6.45, 7) is 3.79. The van der Waals surface area contributed by atoms with Gasteiger partial charge in [-0.1, -0.05) is 11.3 Å². The molecule has 2 amide bonds. The first-order valence-electron chi connectivity index (χ1n) is 10.3. The van der Waals surface area contributed by atoms with Crippen molar-refractivity contribution in [1.82, 2.24) is 19.8 Å². The van der Waals surface area contributed by atoms with Crippen LogP contribution in [-0.4, -0.2) is 70.9 Å². The SMILES string of the molecule is O=C(c1ccco1)N1CCN(C(=O)C2CCCN(c3nc4cccnc4s3)C2)CC1. The van der Waals surface area contributed by atoms with Crippen molar-refractivity contribution >= 4 is 38.6 Å². The smallest absolute Gasteiger partial charge is 0.289 e. The molecule has 3 aromatic heterocycles. The lowest BCUT2D eigenvalue weighted by Gasteiger charge is -2.38. The van der Waals surface area contributed by atoms with Gasteiger partial charge in [-0.2, -0.15) is 0 Å². The third-order valence-corrected chi connectivity index (χ3v) is 6.85. The number of rotatable bonds is 3. The molecule has 0 radical (unpaired) electrons. The molecule has 8 nitrogen and oxygen atoms in total. The molecule has 30 heavy (non-hydrogen) atoms. The Kier molecular flexibility index (Phi) is 5.12. The highest BCUT2D eigenvalue weighted by Gasteiger charge is 2.33. The number of piperazine rings is 1. The predicted molar refractivity (Wildman–Crippen MR) is 114 cm³/mol. The normalized spacial score (nSPS) is 20.0. The summed E-state index contributed by atoms with van der Waals surface area (Å²) in [5, 5.41) is 0.940. The van der Waals surface area contributed by atoms with Gasteiger partial charge in [0.15, 0.2) is 10.9 Å². The van der Waals surface area contributed by atoms with E-state index in [1.165, 1.54) is 6.26 Å². The van der Waals surface area contributed by atoms with Gasteiger partial charge in [-0.05, 0) is 37.1 Å². The molecule has 0 spiro atoms. The molecule has 9 heteroatoms. The second-order valence-corrected chi connectivity index (χ2v) is 8.66. The summed E-state index contributed by atoms with van der Waals surface area (Å²) in [5.41, 5.74) is 0.906. The number of carbonyl (C=O) groups is 2. The van der Waals surface area contributed by atoms with Crippen LogP contribution >= 0.6 is 11.3 Å². The number of nitrogens with zero attached hydrogens (tertiary/aromatic N) is 5. The monoisotopic (exact) mass is 425 g/mol. The minimum absolute atomic E-state index is 0.0361. The van der Waals surface area contributed by atoms with Gasteiger partial charge in [0.25, 0.3) is 5.91 Å². The van der Waals surface area contributed by atoms with Crippen molar-refractivity contribution in [1.29, 1.82) is 0 Å². The van der Waals surface area contributed by atoms with E-state index >= 15 is 0 Å². The van der Waals surface area contributed by atoms with Gasteiger partial charge in [-0.15, -0.1) is 0 Å². The number of anilines is 1. The molecule has 0 saturated carbocycles. The van der Waals surface area contributed by atoms with Gasteiger partial charge in [0.2, 0.25) is 5.91 Å². The van der Waals surface area contributed by atoms with Crippen LogP contribution in [0.3, 0.4) is 0 Å². The highest BCUT2D eigenvalue weighted by Crippen LogP contribution is 2.31. The van der Waals surface area contributed by atoms with E-state index in [0.29, 0.717) is 38.5 Å². The van der Waals surface area contributed by atoms with E-state index in [4.69, 9.17) is 9.40 Å². The highest BCUT2D eigenvalue weighted by molar-refractivity contribution is 7.21. The summed E-state index contributed by atoms with van der Waals surface area (Å²) in [4.78, 5) is 41.5. The Balaban J connectivity index is 1.20. The third kappa shape index (κ3) is 3.65. The van der Waals surface area contributed by atoms with Crippen molar-refractivity contribution in [3.63, 3.8) is 0 Å². The van der Waals surface area contributed by atoms with Crippen LogP contribution in [0.1, 0.15) is 23.4 Å². The van der Waals surface area contributed by atoms with Crippen molar-refractivity contribution in [3.05, 3.63) is 42.5 Å². The van der Waals surface area contributed by atoms with E-state index in [-0.39, 0.29) is 17.7 Å². The average molecular weight is 426 g/mol. The van der Waals surface area contributed by atoms with Crippen molar-refractivity contribution < 1.29 is 14.0 Å². The molecular formula is C21H23N5O3S. The molecule has 1 unspecified atom stereocenters. The lowest BCUT2D eigenvalue weighted by Crippen LogP contribution is -2.53. The number of pyridine rings is 1. The second-order valence-electron chi connectivity index (χ2n) is 7.70. The Morgan fingerprint density at radius 3 is 2.67 bits per heavy atom.